The molecular weight excluding hydrogens is 280 g/mol. The van der Waals surface area contributed by atoms with Crippen molar-refractivity contribution < 1.29 is 4.79 Å². The van der Waals surface area contributed by atoms with Gasteiger partial charge in [0.1, 0.15) is 0 Å². The predicted octanol–water partition coefficient (Wildman–Crippen LogP) is 3.34. The van der Waals surface area contributed by atoms with Gasteiger partial charge in [0, 0.05) is 19.5 Å². The molecule has 0 aliphatic carbocycles. The van der Waals surface area contributed by atoms with E-state index in [1.165, 1.54) is 0 Å². The maximum Gasteiger partial charge on any atom is 0.230 e. The third kappa shape index (κ3) is 5.12. The molecule has 0 aliphatic rings. The number of hydrogen-bond acceptors (Lipinski definition) is 2. The highest BCUT2D eigenvalue weighted by atomic mass is 32.1. The maximum atomic E-state index is 12.9. The van der Waals surface area contributed by atoms with Gasteiger partial charge < -0.3 is 10.6 Å². The lowest BCUT2D eigenvalue weighted by Crippen LogP contribution is -2.39. The highest BCUT2D eigenvalue weighted by Crippen LogP contribution is 2.29. The highest BCUT2D eigenvalue weighted by Gasteiger charge is 2.29. The summed E-state index contributed by atoms with van der Waals surface area (Å²) in [5, 5.41) is 0. The molecule has 2 atom stereocenters. The first-order valence-corrected chi connectivity index (χ1v) is 8.04. The number of likely N-dealkylation sites (N-methyl/N-ethyl adjacent to an activating group) is 1. The number of rotatable bonds is 8. The molecule has 1 aromatic carbocycles. The minimum Gasteiger partial charge on any atom is -0.393 e. The molecule has 116 valence electrons. The Kier molecular flexibility index (Phi) is 7.37. The van der Waals surface area contributed by atoms with E-state index in [-0.39, 0.29) is 11.8 Å². The third-order valence-corrected chi connectivity index (χ3v) is 4.16. The summed E-state index contributed by atoms with van der Waals surface area (Å²) < 4.78 is 0. The molecule has 0 saturated heterocycles. The summed E-state index contributed by atoms with van der Waals surface area (Å²) in [6, 6.07) is 10.0. The zero-order valence-electron chi connectivity index (χ0n) is 13.2. The number of amides is 1. The summed E-state index contributed by atoms with van der Waals surface area (Å²) in [5.41, 5.74) is 6.65. The highest BCUT2D eigenvalue weighted by molar-refractivity contribution is 7.80. The van der Waals surface area contributed by atoms with Crippen molar-refractivity contribution in [3.63, 3.8) is 0 Å². The summed E-state index contributed by atoms with van der Waals surface area (Å²) in [6.07, 6.45) is 1.55. The fourth-order valence-corrected chi connectivity index (χ4v) is 2.57. The van der Waals surface area contributed by atoms with Crippen LogP contribution >= 0.6 is 12.2 Å². The Morgan fingerprint density at radius 1 is 1.29 bits per heavy atom. The third-order valence-electron chi connectivity index (χ3n) is 3.96. The van der Waals surface area contributed by atoms with Gasteiger partial charge in [-0.3, -0.25) is 4.79 Å². The molecule has 0 aromatic heterocycles. The topological polar surface area (TPSA) is 46.3 Å². The first-order chi connectivity index (χ1) is 10.0. The van der Waals surface area contributed by atoms with Crippen molar-refractivity contribution >= 4 is 23.1 Å². The van der Waals surface area contributed by atoms with Gasteiger partial charge in [-0.25, -0.2) is 0 Å². The molecule has 1 aromatic rings. The quantitative estimate of drug-likeness (QED) is 0.749. The zero-order chi connectivity index (χ0) is 15.8. The lowest BCUT2D eigenvalue weighted by Gasteiger charge is -2.29. The van der Waals surface area contributed by atoms with Gasteiger partial charge >= 0.3 is 0 Å². The Hall–Kier alpha value is -1.42. The monoisotopic (exact) mass is 306 g/mol. The molecule has 0 heterocycles. The van der Waals surface area contributed by atoms with Crippen molar-refractivity contribution in [1.29, 1.82) is 0 Å². The van der Waals surface area contributed by atoms with Crippen molar-refractivity contribution in [2.75, 3.05) is 13.1 Å². The van der Waals surface area contributed by atoms with Gasteiger partial charge in [-0.15, -0.1) is 0 Å². The summed E-state index contributed by atoms with van der Waals surface area (Å²) >= 11 is 4.92. The molecular formula is C17H26N2OS. The number of thiocarbonyl (C=S) groups is 1. The molecule has 0 fully saturated rings. The number of nitrogens with two attached hydrogens (primary N) is 1. The van der Waals surface area contributed by atoms with E-state index in [0.717, 1.165) is 12.0 Å². The van der Waals surface area contributed by atoms with Gasteiger partial charge in [-0.1, -0.05) is 62.8 Å². The average molecular weight is 306 g/mol. The number of hydrogen-bond donors (Lipinski definition) is 1. The van der Waals surface area contributed by atoms with Crippen molar-refractivity contribution in [2.24, 2.45) is 11.7 Å². The normalized spacial score (nSPS) is 13.5. The molecule has 0 saturated carbocycles. The molecule has 0 aliphatic heterocycles. The molecule has 21 heavy (non-hydrogen) atoms. The summed E-state index contributed by atoms with van der Waals surface area (Å²) in [6.45, 7) is 7.54. The molecule has 0 spiro atoms. The number of carbonyl (C=O) groups is 1. The lowest BCUT2D eigenvalue weighted by molar-refractivity contribution is -0.133. The molecule has 0 radical (unpaired) electrons. The molecule has 1 amide bonds. The largest absolute Gasteiger partial charge is 0.393 e. The number of nitrogens with zero attached hydrogens (tertiary/aromatic N) is 1. The second kappa shape index (κ2) is 8.78. The Morgan fingerprint density at radius 3 is 2.38 bits per heavy atom. The van der Waals surface area contributed by atoms with Crippen LogP contribution < -0.4 is 5.73 Å². The number of carbonyl (C=O) groups excluding carboxylic acids is 1. The second-order valence-electron chi connectivity index (χ2n) is 5.41. The minimum absolute atomic E-state index is 0.0949. The van der Waals surface area contributed by atoms with Crippen LogP contribution in [0.15, 0.2) is 30.3 Å². The van der Waals surface area contributed by atoms with Crippen LogP contribution in [0.2, 0.25) is 0 Å². The van der Waals surface area contributed by atoms with E-state index in [4.69, 9.17) is 18.0 Å². The number of benzene rings is 1. The Balaban J connectivity index is 2.96. The summed E-state index contributed by atoms with van der Waals surface area (Å²) in [5.74, 6) is 0.385. The molecule has 2 N–H and O–H groups in total. The van der Waals surface area contributed by atoms with Crippen LogP contribution in [0, 0.1) is 5.92 Å². The zero-order valence-corrected chi connectivity index (χ0v) is 14.0. The van der Waals surface area contributed by atoms with E-state index in [1.807, 2.05) is 42.2 Å². The van der Waals surface area contributed by atoms with Gasteiger partial charge in [0.2, 0.25) is 5.91 Å². The summed E-state index contributed by atoms with van der Waals surface area (Å²) in [7, 11) is 0. The maximum absolute atomic E-state index is 12.9. The Labute approximate surface area is 133 Å². The van der Waals surface area contributed by atoms with Gasteiger partial charge in [-0.05, 0) is 18.4 Å². The molecule has 4 heteroatoms. The SMILES string of the molecule is CCC(C)C(C(=O)N(CC)CCC(N)=S)c1ccccc1. The fourth-order valence-electron chi connectivity index (χ4n) is 2.48. The van der Waals surface area contributed by atoms with Crippen LogP contribution in [0.3, 0.4) is 0 Å². The van der Waals surface area contributed by atoms with Gasteiger partial charge in [0.15, 0.2) is 0 Å². The summed E-state index contributed by atoms with van der Waals surface area (Å²) in [4.78, 5) is 15.3. The minimum atomic E-state index is -0.0949. The van der Waals surface area contributed by atoms with Crippen molar-refractivity contribution in [1.82, 2.24) is 4.90 Å². The average Bonchev–Trinajstić information content (AvgIpc) is 2.48. The lowest BCUT2D eigenvalue weighted by atomic mass is 9.84. The Bertz CT molecular complexity index is 461. The van der Waals surface area contributed by atoms with Crippen molar-refractivity contribution in [2.45, 2.75) is 39.5 Å². The first-order valence-electron chi connectivity index (χ1n) is 7.63. The van der Waals surface area contributed by atoms with Crippen LogP contribution in [0.5, 0.6) is 0 Å². The van der Waals surface area contributed by atoms with E-state index in [0.29, 0.717) is 30.4 Å². The van der Waals surface area contributed by atoms with E-state index in [9.17, 15) is 4.79 Å². The molecule has 1 rings (SSSR count). The van der Waals surface area contributed by atoms with E-state index < -0.39 is 0 Å². The van der Waals surface area contributed by atoms with Crippen LogP contribution in [-0.2, 0) is 4.79 Å². The van der Waals surface area contributed by atoms with Crippen LogP contribution in [-0.4, -0.2) is 28.9 Å². The van der Waals surface area contributed by atoms with Crippen molar-refractivity contribution in [3.05, 3.63) is 35.9 Å². The predicted molar refractivity (Wildman–Crippen MR) is 92.3 cm³/mol. The van der Waals surface area contributed by atoms with E-state index >= 15 is 0 Å². The molecule has 0 bridgehead atoms. The van der Waals surface area contributed by atoms with Crippen LogP contribution in [0.25, 0.3) is 0 Å². The second-order valence-corrected chi connectivity index (χ2v) is 5.93. The van der Waals surface area contributed by atoms with Gasteiger partial charge in [-0.2, -0.15) is 0 Å². The fraction of sp³-hybridized carbons (Fsp3) is 0.529. The Morgan fingerprint density at radius 2 is 1.90 bits per heavy atom. The van der Waals surface area contributed by atoms with Gasteiger partial charge in [0.25, 0.3) is 0 Å². The molecule has 2 unspecified atom stereocenters. The van der Waals surface area contributed by atoms with Gasteiger partial charge in [0.05, 0.1) is 10.9 Å². The van der Waals surface area contributed by atoms with Crippen molar-refractivity contribution in [3.8, 4) is 0 Å². The smallest absolute Gasteiger partial charge is 0.230 e. The van der Waals surface area contributed by atoms with Crippen LogP contribution in [0.4, 0.5) is 0 Å². The van der Waals surface area contributed by atoms with Crippen LogP contribution in [0.1, 0.15) is 45.1 Å². The van der Waals surface area contributed by atoms with E-state index in [2.05, 4.69) is 13.8 Å². The first kappa shape index (κ1) is 17.6. The molecule has 3 nitrogen and oxygen atoms in total. The standard InChI is InChI=1S/C17H26N2OS/c1-4-13(3)16(14-9-7-6-8-10-14)17(20)19(5-2)12-11-15(18)21/h6-10,13,16H,4-5,11-12H2,1-3H3,(H2,18,21). The van der Waals surface area contributed by atoms with E-state index in [1.54, 1.807) is 0 Å².